The Hall–Kier alpha value is -2.43. The summed E-state index contributed by atoms with van der Waals surface area (Å²) in [5.74, 6) is -0.0759. The highest BCUT2D eigenvalue weighted by Crippen LogP contribution is 2.16. The van der Waals surface area contributed by atoms with E-state index in [1.807, 2.05) is 6.08 Å². The van der Waals surface area contributed by atoms with Gasteiger partial charge in [-0.2, -0.15) is 0 Å². The van der Waals surface area contributed by atoms with Gasteiger partial charge in [0.1, 0.15) is 0 Å². The Morgan fingerprint density at radius 3 is 1.17 bits per heavy atom. The maximum Gasteiger partial charge on any atom is 0.220 e. The Morgan fingerprint density at radius 1 is 0.417 bits per heavy atom. The molecule has 0 aliphatic carbocycles. The van der Waals surface area contributed by atoms with Crippen molar-refractivity contribution in [3.8, 4) is 0 Å². The van der Waals surface area contributed by atoms with E-state index in [2.05, 4.69) is 92.1 Å². The summed E-state index contributed by atoms with van der Waals surface area (Å²) in [5.41, 5.74) is 0. The lowest BCUT2D eigenvalue weighted by atomic mass is 10.0. The molecule has 0 rings (SSSR count). The van der Waals surface area contributed by atoms with Gasteiger partial charge in [0.05, 0.1) is 18.8 Å². The molecule has 0 heterocycles. The van der Waals surface area contributed by atoms with Crippen LogP contribution in [0, 0.1) is 0 Å². The Morgan fingerprint density at radius 2 is 0.750 bits per heavy atom. The lowest BCUT2D eigenvalue weighted by molar-refractivity contribution is -0.123. The largest absolute Gasteiger partial charge is 0.394 e. The van der Waals surface area contributed by atoms with Crippen LogP contribution in [0.2, 0.25) is 0 Å². The second-order valence-electron chi connectivity index (χ2n) is 17.2. The summed E-state index contributed by atoms with van der Waals surface area (Å²) in [4.78, 5) is 12.4. The van der Waals surface area contributed by atoms with Crippen LogP contribution in [0.15, 0.2) is 85.1 Å². The van der Waals surface area contributed by atoms with Gasteiger partial charge in [-0.05, 0) is 77.0 Å². The average Bonchev–Trinajstić information content (AvgIpc) is 3.25. The van der Waals surface area contributed by atoms with E-state index in [0.29, 0.717) is 6.42 Å². The van der Waals surface area contributed by atoms with Gasteiger partial charge in [0.2, 0.25) is 5.91 Å². The number of aliphatic hydroxyl groups is 2. The molecular formula is C56H99NO3. The van der Waals surface area contributed by atoms with Gasteiger partial charge in [0.15, 0.2) is 0 Å². The molecule has 1 amide bonds. The first kappa shape index (κ1) is 57.6. The van der Waals surface area contributed by atoms with E-state index >= 15 is 0 Å². The summed E-state index contributed by atoms with van der Waals surface area (Å²) in [7, 11) is 0. The molecule has 0 aromatic carbocycles. The number of carbonyl (C=O) groups excluding carboxylic acids is 1. The smallest absolute Gasteiger partial charge is 0.220 e. The van der Waals surface area contributed by atoms with Crippen molar-refractivity contribution in [3.63, 3.8) is 0 Å². The monoisotopic (exact) mass is 834 g/mol. The minimum Gasteiger partial charge on any atom is -0.394 e. The predicted octanol–water partition coefficient (Wildman–Crippen LogP) is 16.8. The van der Waals surface area contributed by atoms with Crippen LogP contribution in [0.25, 0.3) is 0 Å². The van der Waals surface area contributed by atoms with E-state index in [4.69, 9.17) is 0 Å². The average molecular weight is 834 g/mol. The first-order valence-corrected chi connectivity index (χ1v) is 25.8. The van der Waals surface area contributed by atoms with E-state index in [1.54, 1.807) is 6.08 Å². The molecule has 0 aliphatic rings. The van der Waals surface area contributed by atoms with Crippen LogP contribution in [0.4, 0.5) is 0 Å². The van der Waals surface area contributed by atoms with Crippen LogP contribution in [-0.4, -0.2) is 34.9 Å². The number of unbranched alkanes of at least 4 members (excludes halogenated alkanes) is 27. The molecule has 4 heteroatoms. The van der Waals surface area contributed by atoms with Gasteiger partial charge in [-0.15, -0.1) is 0 Å². The zero-order valence-electron chi connectivity index (χ0n) is 39.7. The fourth-order valence-corrected chi connectivity index (χ4v) is 7.46. The molecule has 0 bridgehead atoms. The molecular weight excluding hydrogens is 735 g/mol. The van der Waals surface area contributed by atoms with Crippen molar-refractivity contribution >= 4 is 5.91 Å². The van der Waals surface area contributed by atoms with E-state index < -0.39 is 12.1 Å². The van der Waals surface area contributed by atoms with Gasteiger partial charge in [0.25, 0.3) is 0 Å². The van der Waals surface area contributed by atoms with E-state index in [-0.39, 0.29) is 12.5 Å². The summed E-state index contributed by atoms with van der Waals surface area (Å²) in [6.45, 7) is 4.13. The highest BCUT2D eigenvalue weighted by molar-refractivity contribution is 5.76. The number of allylic oxidation sites excluding steroid dienone is 13. The number of hydrogen-bond donors (Lipinski definition) is 3. The third-order valence-corrected chi connectivity index (χ3v) is 11.4. The molecule has 346 valence electrons. The third kappa shape index (κ3) is 46.6. The minimum atomic E-state index is -0.860. The molecule has 60 heavy (non-hydrogen) atoms. The first-order valence-electron chi connectivity index (χ1n) is 25.8. The topological polar surface area (TPSA) is 69.6 Å². The molecule has 0 fully saturated rings. The SMILES string of the molecule is CC/C=C\C/C=C\C/C=C\C/C=C\C/C=C\CCCCCCCCCCCCCCCCCCCCCCCCCC(=O)NC(CO)C(O)/C=C/CC/C=C/CCCCC. The number of aliphatic hydroxyl groups excluding tert-OH is 2. The molecule has 0 saturated carbocycles. The second kappa shape index (κ2) is 50.9. The highest BCUT2D eigenvalue weighted by atomic mass is 16.3. The standard InChI is InChI=1S/C56H99NO3/c1-3-5-7-9-11-13-14-15-16-17-18-19-20-21-22-23-24-25-26-27-28-29-30-31-32-33-34-35-36-37-38-39-40-41-42-44-46-48-50-52-56(60)57-54(53-58)55(59)51-49-47-45-43-12-10-8-6-4-2/h5,7,11-13,15-16,18-19,21-22,43,49,51,54-55,58-59H,3-4,6,8-10,14,17,20,23-42,44-48,50,52-53H2,1-2H3,(H,57,60)/b7-5-,13-11-,16-15-,19-18-,22-21-,43-12+,51-49+. The Labute approximate surface area is 373 Å². The number of hydrogen-bond acceptors (Lipinski definition) is 3. The summed E-state index contributed by atoms with van der Waals surface area (Å²) in [6, 6.07) is -0.637. The first-order chi connectivity index (χ1) is 29.7. The van der Waals surface area contributed by atoms with Gasteiger partial charge < -0.3 is 15.5 Å². The lowest BCUT2D eigenvalue weighted by Crippen LogP contribution is -2.45. The van der Waals surface area contributed by atoms with Crippen molar-refractivity contribution in [2.75, 3.05) is 6.61 Å². The van der Waals surface area contributed by atoms with Crippen molar-refractivity contribution in [2.24, 2.45) is 0 Å². The van der Waals surface area contributed by atoms with E-state index in [0.717, 1.165) is 64.2 Å². The van der Waals surface area contributed by atoms with Crippen LogP contribution < -0.4 is 5.32 Å². The summed E-state index contributed by atoms with van der Waals surface area (Å²) in [6.07, 6.45) is 74.7. The molecule has 0 spiro atoms. The molecule has 3 N–H and O–H groups in total. The highest BCUT2D eigenvalue weighted by Gasteiger charge is 2.17. The molecule has 4 nitrogen and oxygen atoms in total. The second-order valence-corrected chi connectivity index (χ2v) is 17.2. The quantitative estimate of drug-likeness (QED) is 0.0423. The summed E-state index contributed by atoms with van der Waals surface area (Å²) < 4.78 is 0. The van der Waals surface area contributed by atoms with Gasteiger partial charge >= 0.3 is 0 Å². The fourth-order valence-electron chi connectivity index (χ4n) is 7.46. The van der Waals surface area contributed by atoms with Gasteiger partial charge in [0, 0.05) is 6.42 Å². The van der Waals surface area contributed by atoms with Crippen molar-refractivity contribution < 1.29 is 15.0 Å². The number of rotatable bonds is 46. The summed E-state index contributed by atoms with van der Waals surface area (Å²) in [5, 5.41) is 22.9. The molecule has 0 aromatic rings. The molecule has 0 aliphatic heterocycles. The van der Waals surface area contributed by atoms with Gasteiger partial charge in [-0.25, -0.2) is 0 Å². The molecule has 0 radical (unpaired) electrons. The number of carbonyl (C=O) groups is 1. The summed E-state index contributed by atoms with van der Waals surface area (Å²) >= 11 is 0. The van der Waals surface area contributed by atoms with Crippen molar-refractivity contribution in [2.45, 2.75) is 257 Å². The minimum absolute atomic E-state index is 0.0759. The van der Waals surface area contributed by atoms with Crippen LogP contribution in [0.1, 0.15) is 245 Å². The van der Waals surface area contributed by atoms with Gasteiger partial charge in [-0.1, -0.05) is 247 Å². The predicted molar refractivity (Wildman–Crippen MR) is 267 cm³/mol. The molecule has 2 unspecified atom stereocenters. The molecule has 2 atom stereocenters. The maximum absolute atomic E-state index is 12.4. The Kier molecular flexibility index (Phi) is 48.9. The maximum atomic E-state index is 12.4. The van der Waals surface area contributed by atoms with Crippen molar-refractivity contribution in [3.05, 3.63) is 85.1 Å². The molecule has 0 aromatic heterocycles. The lowest BCUT2D eigenvalue weighted by Gasteiger charge is -2.19. The van der Waals surface area contributed by atoms with Crippen LogP contribution in [0.5, 0.6) is 0 Å². The van der Waals surface area contributed by atoms with Crippen LogP contribution in [-0.2, 0) is 4.79 Å². The van der Waals surface area contributed by atoms with Crippen LogP contribution in [0.3, 0.4) is 0 Å². The zero-order valence-corrected chi connectivity index (χ0v) is 39.7. The Bertz CT molecular complexity index is 1080. The number of nitrogens with one attached hydrogen (secondary N) is 1. The van der Waals surface area contributed by atoms with Gasteiger partial charge in [-0.3, -0.25) is 4.79 Å². The third-order valence-electron chi connectivity index (χ3n) is 11.4. The molecule has 0 saturated heterocycles. The number of amides is 1. The fraction of sp³-hybridized carbons (Fsp3) is 0.732. The van der Waals surface area contributed by atoms with Crippen LogP contribution >= 0.6 is 0 Å². The van der Waals surface area contributed by atoms with E-state index in [1.165, 1.54) is 161 Å². The van der Waals surface area contributed by atoms with Crippen molar-refractivity contribution in [1.82, 2.24) is 5.32 Å². The zero-order chi connectivity index (χ0) is 43.5. The van der Waals surface area contributed by atoms with E-state index in [9.17, 15) is 15.0 Å². The van der Waals surface area contributed by atoms with Crippen molar-refractivity contribution in [1.29, 1.82) is 0 Å². The Balaban J connectivity index is 3.41. The normalized spacial score (nSPS) is 13.6.